The van der Waals surface area contributed by atoms with Crippen LogP contribution in [0.4, 0.5) is 11.4 Å². The third-order valence-corrected chi connectivity index (χ3v) is 7.71. The fourth-order valence-electron chi connectivity index (χ4n) is 3.93. The normalized spacial score (nSPS) is 14.5. The Morgan fingerprint density at radius 2 is 1.68 bits per heavy atom. The molecule has 1 aliphatic heterocycles. The van der Waals surface area contributed by atoms with E-state index in [0.29, 0.717) is 22.5 Å². The average molecular weight is 478 g/mol. The molecule has 8 heteroatoms. The topological polar surface area (TPSA) is 95.6 Å². The van der Waals surface area contributed by atoms with Gasteiger partial charge in [0, 0.05) is 17.2 Å². The van der Waals surface area contributed by atoms with Gasteiger partial charge in [0.25, 0.3) is 15.9 Å². The van der Waals surface area contributed by atoms with Gasteiger partial charge in [-0.2, -0.15) is 0 Å². The highest BCUT2D eigenvalue weighted by molar-refractivity contribution is 7.93. The van der Waals surface area contributed by atoms with E-state index < -0.39 is 22.5 Å². The first-order valence-electron chi connectivity index (χ1n) is 11.1. The first kappa shape index (κ1) is 23.5. The molecule has 4 rings (SSSR count). The van der Waals surface area contributed by atoms with E-state index >= 15 is 0 Å². The third-order valence-electron chi connectivity index (χ3n) is 5.89. The average Bonchev–Trinajstić information content (AvgIpc) is 2.82. The molecule has 0 aromatic heterocycles. The lowest BCUT2D eigenvalue weighted by atomic mass is 10.0. The summed E-state index contributed by atoms with van der Waals surface area (Å²) in [7, 11) is -3.95. The minimum atomic E-state index is -3.95. The van der Waals surface area contributed by atoms with Crippen molar-refractivity contribution in [3.63, 3.8) is 0 Å². The number of amides is 2. The van der Waals surface area contributed by atoms with Crippen LogP contribution in [0.5, 0.6) is 0 Å². The Morgan fingerprint density at radius 1 is 0.971 bits per heavy atom. The highest BCUT2D eigenvalue weighted by Gasteiger charge is 2.36. The summed E-state index contributed by atoms with van der Waals surface area (Å²) < 4.78 is 28.0. The van der Waals surface area contributed by atoms with Gasteiger partial charge in [0.1, 0.15) is 6.54 Å². The molecule has 3 aromatic rings. The van der Waals surface area contributed by atoms with Gasteiger partial charge in [0.05, 0.1) is 21.8 Å². The van der Waals surface area contributed by atoms with Crippen molar-refractivity contribution in [1.82, 2.24) is 5.32 Å². The second kappa shape index (κ2) is 9.30. The van der Waals surface area contributed by atoms with Crippen LogP contribution in [-0.2, 0) is 14.8 Å². The minimum absolute atomic E-state index is 0.0187. The van der Waals surface area contributed by atoms with Gasteiger partial charge in [-0.15, -0.1) is 0 Å². The fraction of sp³-hybridized carbons (Fsp3) is 0.231. The van der Waals surface area contributed by atoms with Gasteiger partial charge in [-0.25, -0.2) is 8.42 Å². The zero-order valence-corrected chi connectivity index (χ0v) is 20.1. The molecule has 0 saturated carbocycles. The summed E-state index contributed by atoms with van der Waals surface area (Å²) in [6.07, 6.45) is 0.771. The molecule has 0 spiro atoms. The Kier molecular flexibility index (Phi) is 6.43. The summed E-state index contributed by atoms with van der Waals surface area (Å²) in [4.78, 5) is 25.9. The van der Waals surface area contributed by atoms with E-state index in [1.807, 2.05) is 32.9 Å². The first-order valence-corrected chi connectivity index (χ1v) is 12.6. The number of hydrogen-bond donors (Lipinski definition) is 2. The molecule has 0 radical (unpaired) electrons. The standard InChI is InChI=1S/C26H27N3O4S/c1-4-18(3)27-26(31)20-10-5-7-11-22(20)28-25(30)16-29-23-14-13-17(2)15-21(23)19-9-6-8-12-24(19)34(29,32)33/h5-15,18H,4,16H2,1-3H3,(H,27,31)(H,28,30). The summed E-state index contributed by atoms with van der Waals surface area (Å²) >= 11 is 0. The minimum Gasteiger partial charge on any atom is -0.350 e. The van der Waals surface area contributed by atoms with Crippen LogP contribution >= 0.6 is 0 Å². The lowest BCUT2D eigenvalue weighted by Crippen LogP contribution is -2.40. The molecule has 34 heavy (non-hydrogen) atoms. The summed E-state index contributed by atoms with van der Waals surface area (Å²) in [5, 5.41) is 5.61. The predicted molar refractivity (Wildman–Crippen MR) is 133 cm³/mol. The Morgan fingerprint density at radius 3 is 2.44 bits per heavy atom. The SMILES string of the molecule is CCC(C)NC(=O)c1ccccc1NC(=O)CN1c2ccc(C)cc2-c2ccccc2S1(=O)=O. The largest absolute Gasteiger partial charge is 0.350 e. The van der Waals surface area contributed by atoms with Gasteiger partial charge >= 0.3 is 0 Å². The van der Waals surface area contributed by atoms with Crippen molar-refractivity contribution in [2.75, 3.05) is 16.2 Å². The molecule has 2 N–H and O–H groups in total. The van der Waals surface area contributed by atoms with Crippen molar-refractivity contribution < 1.29 is 18.0 Å². The molecule has 1 aliphatic rings. The molecular formula is C26H27N3O4S. The van der Waals surface area contributed by atoms with Crippen LogP contribution < -0.4 is 14.9 Å². The summed E-state index contributed by atoms with van der Waals surface area (Å²) in [5.41, 5.74) is 3.45. The molecule has 0 fully saturated rings. The number of hydrogen-bond acceptors (Lipinski definition) is 4. The molecule has 176 valence electrons. The fourth-order valence-corrected chi connectivity index (χ4v) is 5.58. The number of carbonyl (C=O) groups is 2. The number of rotatable bonds is 6. The van der Waals surface area contributed by atoms with Crippen molar-refractivity contribution in [3.8, 4) is 11.1 Å². The van der Waals surface area contributed by atoms with Crippen molar-refractivity contribution in [3.05, 3.63) is 77.9 Å². The van der Waals surface area contributed by atoms with Crippen molar-refractivity contribution in [1.29, 1.82) is 0 Å². The second-order valence-electron chi connectivity index (χ2n) is 8.40. The highest BCUT2D eigenvalue weighted by Crippen LogP contribution is 2.43. The summed E-state index contributed by atoms with van der Waals surface area (Å²) in [6.45, 7) is 5.38. The van der Waals surface area contributed by atoms with E-state index in [4.69, 9.17) is 0 Å². The zero-order chi connectivity index (χ0) is 24.5. The number of nitrogens with one attached hydrogen (secondary N) is 2. The number of fused-ring (bicyclic) bond motifs is 3. The molecule has 2 amide bonds. The van der Waals surface area contributed by atoms with Crippen LogP contribution in [0.3, 0.4) is 0 Å². The lowest BCUT2D eigenvalue weighted by molar-refractivity contribution is -0.114. The Bertz CT molecular complexity index is 1370. The van der Waals surface area contributed by atoms with E-state index in [-0.39, 0.29) is 16.8 Å². The third kappa shape index (κ3) is 4.41. The van der Waals surface area contributed by atoms with E-state index in [2.05, 4.69) is 10.6 Å². The lowest BCUT2D eigenvalue weighted by Gasteiger charge is -2.32. The number of carbonyl (C=O) groups excluding carboxylic acids is 2. The Hall–Kier alpha value is -3.65. The Balaban J connectivity index is 1.65. The van der Waals surface area contributed by atoms with Crippen molar-refractivity contribution in [2.24, 2.45) is 0 Å². The van der Waals surface area contributed by atoms with Crippen LogP contribution in [-0.4, -0.2) is 32.8 Å². The molecule has 1 heterocycles. The van der Waals surface area contributed by atoms with Crippen molar-refractivity contribution >= 4 is 33.2 Å². The van der Waals surface area contributed by atoms with Gasteiger partial charge in [-0.1, -0.05) is 48.9 Å². The molecule has 1 atom stereocenters. The molecule has 1 unspecified atom stereocenters. The number of nitrogens with zero attached hydrogens (tertiary/aromatic N) is 1. The van der Waals surface area contributed by atoms with Crippen LogP contribution in [0.25, 0.3) is 11.1 Å². The monoisotopic (exact) mass is 477 g/mol. The van der Waals surface area contributed by atoms with Crippen LogP contribution in [0.1, 0.15) is 36.2 Å². The summed E-state index contributed by atoms with van der Waals surface area (Å²) in [6, 6.07) is 18.9. The molecule has 0 bridgehead atoms. The Labute approximate surface area is 199 Å². The quantitative estimate of drug-likeness (QED) is 0.552. The number of aryl methyl sites for hydroxylation is 1. The van der Waals surface area contributed by atoms with Gasteiger partial charge in [0.15, 0.2) is 0 Å². The number of para-hydroxylation sites is 1. The van der Waals surface area contributed by atoms with E-state index in [1.165, 1.54) is 0 Å². The van der Waals surface area contributed by atoms with E-state index in [1.54, 1.807) is 54.6 Å². The van der Waals surface area contributed by atoms with Crippen LogP contribution in [0.2, 0.25) is 0 Å². The maximum absolute atomic E-state index is 13.5. The second-order valence-corrected chi connectivity index (χ2v) is 10.2. The molecule has 3 aromatic carbocycles. The van der Waals surface area contributed by atoms with Crippen LogP contribution in [0.15, 0.2) is 71.6 Å². The number of sulfonamides is 1. The highest BCUT2D eigenvalue weighted by atomic mass is 32.2. The number of anilines is 2. The summed E-state index contributed by atoms with van der Waals surface area (Å²) in [5.74, 6) is -0.844. The van der Waals surface area contributed by atoms with E-state index in [0.717, 1.165) is 21.9 Å². The molecule has 0 aliphatic carbocycles. The van der Waals surface area contributed by atoms with Crippen molar-refractivity contribution in [2.45, 2.75) is 38.1 Å². The van der Waals surface area contributed by atoms with Gasteiger partial charge in [0.2, 0.25) is 5.91 Å². The van der Waals surface area contributed by atoms with Gasteiger partial charge in [-0.3, -0.25) is 13.9 Å². The van der Waals surface area contributed by atoms with Gasteiger partial charge < -0.3 is 10.6 Å². The first-order chi connectivity index (χ1) is 16.2. The number of benzene rings is 3. The molecule has 7 nitrogen and oxygen atoms in total. The maximum atomic E-state index is 13.5. The zero-order valence-electron chi connectivity index (χ0n) is 19.3. The molecule has 0 saturated heterocycles. The predicted octanol–water partition coefficient (Wildman–Crippen LogP) is 4.34. The maximum Gasteiger partial charge on any atom is 0.265 e. The molecular weight excluding hydrogens is 450 g/mol. The smallest absolute Gasteiger partial charge is 0.265 e. The van der Waals surface area contributed by atoms with Gasteiger partial charge in [-0.05, 0) is 50.6 Å². The van der Waals surface area contributed by atoms with Crippen LogP contribution in [0, 0.1) is 6.92 Å². The van der Waals surface area contributed by atoms with E-state index in [9.17, 15) is 18.0 Å².